The van der Waals surface area contributed by atoms with E-state index in [2.05, 4.69) is 5.32 Å². The third-order valence-electron chi connectivity index (χ3n) is 1.38. The molecule has 0 aliphatic carbocycles. The van der Waals surface area contributed by atoms with Crippen molar-refractivity contribution in [1.82, 2.24) is 5.32 Å². The molecule has 0 saturated carbocycles. The third-order valence-corrected chi connectivity index (χ3v) is 1.38. The number of nitrogens with one attached hydrogen (secondary N) is 1. The Balaban J connectivity index is 3.22. The van der Waals surface area contributed by atoms with Crippen LogP contribution in [-0.4, -0.2) is 25.0 Å². The van der Waals surface area contributed by atoms with Gasteiger partial charge in [-0.1, -0.05) is 0 Å². The molecule has 11 heavy (non-hydrogen) atoms. The second-order valence-electron chi connectivity index (χ2n) is 2.67. The van der Waals surface area contributed by atoms with Gasteiger partial charge < -0.3 is 16.8 Å². The van der Waals surface area contributed by atoms with Crippen molar-refractivity contribution in [2.24, 2.45) is 11.5 Å². The molecule has 0 saturated heterocycles. The molecule has 0 aromatic carbocycles. The Labute approximate surface area is 67.3 Å². The molecule has 0 aliphatic rings. The van der Waals surface area contributed by atoms with E-state index in [9.17, 15) is 4.79 Å². The van der Waals surface area contributed by atoms with Gasteiger partial charge in [0.15, 0.2) is 0 Å². The molecule has 0 aliphatic heterocycles. The minimum atomic E-state index is -0.266. The molecular formula is C7H17N3O. The number of amides is 1. The van der Waals surface area contributed by atoms with E-state index < -0.39 is 0 Å². The molecule has 4 nitrogen and oxygen atoms in total. The lowest BCUT2D eigenvalue weighted by Gasteiger charge is -2.10. The molecule has 0 radical (unpaired) electrons. The Morgan fingerprint density at radius 2 is 2.27 bits per heavy atom. The fourth-order valence-corrected chi connectivity index (χ4v) is 0.824. The smallest absolute Gasteiger partial charge is 0.218 e. The van der Waals surface area contributed by atoms with Crippen LogP contribution >= 0.6 is 0 Å². The van der Waals surface area contributed by atoms with Crippen LogP contribution < -0.4 is 16.8 Å². The average molecular weight is 159 g/mol. The first-order valence-electron chi connectivity index (χ1n) is 3.88. The number of hydrogen-bond donors (Lipinski definition) is 3. The van der Waals surface area contributed by atoms with E-state index in [1.807, 2.05) is 6.92 Å². The molecule has 66 valence electrons. The van der Waals surface area contributed by atoms with Crippen molar-refractivity contribution in [3.8, 4) is 0 Å². The normalized spacial score (nSPS) is 12.9. The van der Waals surface area contributed by atoms with E-state index in [1.54, 1.807) is 0 Å². The van der Waals surface area contributed by atoms with Crippen molar-refractivity contribution in [2.75, 3.05) is 13.1 Å². The molecule has 1 atom stereocenters. The molecule has 0 fully saturated rings. The molecule has 0 aromatic heterocycles. The lowest BCUT2D eigenvalue weighted by molar-refractivity contribution is -0.118. The van der Waals surface area contributed by atoms with Gasteiger partial charge in [-0.25, -0.2) is 0 Å². The van der Waals surface area contributed by atoms with E-state index in [-0.39, 0.29) is 11.9 Å². The van der Waals surface area contributed by atoms with E-state index in [4.69, 9.17) is 11.5 Å². The Morgan fingerprint density at radius 3 is 2.73 bits per heavy atom. The van der Waals surface area contributed by atoms with Gasteiger partial charge in [0.05, 0.1) is 0 Å². The van der Waals surface area contributed by atoms with Crippen LogP contribution in [0.25, 0.3) is 0 Å². The molecule has 0 aromatic rings. The molecule has 0 rings (SSSR count). The second kappa shape index (κ2) is 6.12. The number of carbonyl (C=O) groups is 1. The van der Waals surface area contributed by atoms with Gasteiger partial charge in [-0.3, -0.25) is 4.79 Å². The standard InChI is InChI=1S/C7H17N3O/c1-6(5-7(9)11)10-4-2-3-8/h6,10H,2-5,8H2,1H3,(H2,9,11). The zero-order valence-corrected chi connectivity index (χ0v) is 6.97. The quantitative estimate of drug-likeness (QED) is 0.443. The van der Waals surface area contributed by atoms with Crippen LogP contribution in [0.5, 0.6) is 0 Å². The second-order valence-corrected chi connectivity index (χ2v) is 2.67. The fourth-order valence-electron chi connectivity index (χ4n) is 0.824. The number of rotatable bonds is 6. The summed E-state index contributed by atoms with van der Waals surface area (Å²) in [5.74, 6) is -0.266. The zero-order valence-electron chi connectivity index (χ0n) is 6.97. The minimum Gasteiger partial charge on any atom is -0.370 e. The molecule has 5 N–H and O–H groups in total. The highest BCUT2D eigenvalue weighted by molar-refractivity contribution is 5.74. The Bertz CT molecular complexity index is 116. The van der Waals surface area contributed by atoms with E-state index in [1.165, 1.54) is 0 Å². The van der Waals surface area contributed by atoms with Crippen LogP contribution in [0.2, 0.25) is 0 Å². The fraction of sp³-hybridized carbons (Fsp3) is 0.857. The van der Waals surface area contributed by atoms with Crippen molar-refractivity contribution in [3.05, 3.63) is 0 Å². The largest absolute Gasteiger partial charge is 0.370 e. The van der Waals surface area contributed by atoms with Gasteiger partial charge >= 0.3 is 0 Å². The van der Waals surface area contributed by atoms with E-state index >= 15 is 0 Å². The average Bonchev–Trinajstić information content (AvgIpc) is 1.86. The maximum atomic E-state index is 10.4. The van der Waals surface area contributed by atoms with Crippen molar-refractivity contribution >= 4 is 5.91 Å². The highest BCUT2D eigenvalue weighted by Gasteiger charge is 2.03. The van der Waals surface area contributed by atoms with Crippen LogP contribution in [0.15, 0.2) is 0 Å². The molecule has 0 bridgehead atoms. The van der Waals surface area contributed by atoms with E-state index in [0.717, 1.165) is 13.0 Å². The summed E-state index contributed by atoms with van der Waals surface area (Å²) in [6, 6.07) is 0.166. The molecule has 0 heterocycles. The van der Waals surface area contributed by atoms with Crippen LogP contribution in [0.4, 0.5) is 0 Å². The summed E-state index contributed by atoms with van der Waals surface area (Å²) in [4.78, 5) is 10.4. The highest BCUT2D eigenvalue weighted by atomic mass is 16.1. The van der Waals surface area contributed by atoms with Crippen LogP contribution in [0.1, 0.15) is 19.8 Å². The summed E-state index contributed by atoms with van der Waals surface area (Å²) >= 11 is 0. The predicted octanol–water partition coefficient (Wildman–Crippen LogP) is -0.811. The van der Waals surface area contributed by atoms with Crippen molar-refractivity contribution in [2.45, 2.75) is 25.8 Å². The van der Waals surface area contributed by atoms with Crippen molar-refractivity contribution in [3.63, 3.8) is 0 Å². The first kappa shape index (κ1) is 10.4. The Kier molecular flexibility index (Phi) is 5.78. The van der Waals surface area contributed by atoms with Gasteiger partial charge in [-0.15, -0.1) is 0 Å². The van der Waals surface area contributed by atoms with Crippen LogP contribution in [-0.2, 0) is 4.79 Å². The number of carbonyl (C=O) groups excluding carboxylic acids is 1. The summed E-state index contributed by atoms with van der Waals surface area (Å²) < 4.78 is 0. The summed E-state index contributed by atoms with van der Waals surface area (Å²) in [5, 5.41) is 3.13. The van der Waals surface area contributed by atoms with Crippen molar-refractivity contribution in [1.29, 1.82) is 0 Å². The van der Waals surface area contributed by atoms with Gasteiger partial charge in [0, 0.05) is 12.5 Å². The van der Waals surface area contributed by atoms with Gasteiger partial charge in [-0.2, -0.15) is 0 Å². The van der Waals surface area contributed by atoms with Crippen molar-refractivity contribution < 1.29 is 4.79 Å². The Morgan fingerprint density at radius 1 is 1.64 bits per heavy atom. The first-order valence-corrected chi connectivity index (χ1v) is 3.88. The Hall–Kier alpha value is -0.610. The molecule has 1 amide bonds. The SMILES string of the molecule is CC(CC(N)=O)NCCCN. The number of nitrogens with two attached hydrogens (primary N) is 2. The molecule has 0 spiro atoms. The summed E-state index contributed by atoms with van der Waals surface area (Å²) in [6.45, 7) is 3.46. The van der Waals surface area contributed by atoms with Gasteiger partial charge in [0.2, 0.25) is 5.91 Å². The summed E-state index contributed by atoms with van der Waals surface area (Å²) in [6.07, 6.45) is 1.33. The summed E-state index contributed by atoms with van der Waals surface area (Å²) in [5.41, 5.74) is 10.3. The maximum absolute atomic E-state index is 10.4. The predicted molar refractivity (Wildman–Crippen MR) is 44.9 cm³/mol. The highest BCUT2D eigenvalue weighted by Crippen LogP contribution is 1.88. The lowest BCUT2D eigenvalue weighted by Crippen LogP contribution is -2.32. The monoisotopic (exact) mass is 159 g/mol. The summed E-state index contributed by atoms with van der Waals surface area (Å²) in [7, 11) is 0. The van der Waals surface area contributed by atoms with Gasteiger partial charge in [0.1, 0.15) is 0 Å². The zero-order chi connectivity index (χ0) is 8.69. The minimum absolute atomic E-state index is 0.166. The lowest BCUT2D eigenvalue weighted by atomic mass is 10.2. The van der Waals surface area contributed by atoms with Crippen LogP contribution in [0, 0.1) is 0 Å². The molecule has 1 unspecified atom stereocenters. The van der Waals surface area contributed by atoms with E-state index in [0.29, 0.717) is 13.0 Å². The number of hydrogen-bond acceptors (Lipinski definition) is 3. The maximum Gasteiger partial charge on any atom is 0.218 e. The molecular weight excluding hydrogens is 142 g/mol. The number of primary amides is 1. The first-order chi connectivity index (χ1) is 5.16. The third kappa shape index (κ3) is 7.29. The van der Waals surface area contributed by atoms with Gasteiger partial charge in [0.25, 0.3) is 0 Å². The molecule has 4 heteroatoms. The van der Waals surface area contributed by atoms with Crippen LogP contribution in [0.3, 0.4) is 0 Å². The van der Waals surface area contributed by atoms with Gasteiger partial charge in [-0.05, 0) is 26.4 Å². The topological polar surface area (TPSA) is 81.1 Å².